The topological polar surface area (TPSA) is 305 Å². The van der Waals surface area contributed by atoms with Crippen LogP contribution in [-0.4, -0.2) is 151 Å². The van der Waals surface area contributed by atoms with Crippen molar-refractivity contribution < 1.29 is 65.8 Å². The zero-order valence-corrected chi connectivity index (χ0v) is 57.8. The van der Waals surface area contributed by atoms with Crippen LogP contribution in [0.5, 0.6) is 0 Å². The van der Waals surface area contributed by atoms with E-state index in [4.69, 9.17) is 9.47 Å². The predicted octanol–water partition coefficient (Wildman–Crippen LogP) is 7.67. The highest BCUT2D eigenvalue weighted by molar-refractivity contribution is 7.90. The lowest BCUT2D eigenvalue weighted by Gasteiger charge is -2.42. The lowest BCUT2D eigenvalue weighted by Crippen LogP contribution is -2.63. The van der Waals surface area contributed by atoms with Gasteiger partial charge in [0.25, 0.3) is 27.7 Å². The number of alkyl carbamates (subject to hydrolysis) is 1. The molecule has 24 heteroatoms. The second-order valence-electron chi connectivity index (χ2n) is 27.5. The summed E-state index contributed by atoms with van der Waals surface area (Å²) < 4.78 is 40.7. The van der Waals surface area contributed by atoms with E-state index >= 15 is 0 Å². The van der Waals surface area contributed by atoms with E-state index in [1.54, 1.807) is 86.6 Å². The number of benzene rings is 3. The summed E-state index contributed by atoms with van der Waals surface area (Å²) in [5.41, 5.74) is -1.53. The number of hydrogen-bond donors (Lipinski definition) is 6. The number of sulfonamides is 1. The van der Waals surface area contributed by atoms with Crippen molar-refractivity contribution in [2.45, 2.75) is 207 Å². The average molecular weight is 1310 g/mol. The standard InChI is InChI=1S/C69H99N9O14S/c1-45(2)53(76(15)63(86)57(66(4,5)6)74-62(85)58(77(16)65(88)92-68(10,11)12)69(13,14)49-30-22-18-23-31-49)42-46(3)59(82)75-93(89,90)50-36-34-48(35-37-50)44-71-60(83)51(32-25-26-40-70-64(87)91-67(7,8)9)73-61(84)52(43-47-28-20-17-21-29-47)72-54(79)33-24-19-27-41-78-55(80)38-39-56(78)81/h17-18,20-23,28-31,34-39,42,45,51-53,57-58H,19,24-27,32-33,40-41,43-44H2,1-16H3,(H,70,87)(H,71,83)(H,72,79)(H,73,84)(H,74,85)(H,75,82)/b46-42+/t51-,52-,53-,57-,58-/m1/s1. The van der Waals surface area contributed by atoms with E-state index in [1.807, 2.05) is 64.1 Å². The van der Waals surface area contributed by atoms with E-state index in [0.29, 0.717) is 37.7 Å². The van der Waals surface area contributed by atoms with E-state index in [0.717, 1.165) is 16.0 Å². The largest absolute Gasteiger partial charge is 0.444 e. The van der Waals surface area contributed by atoms with Crippen LogP contribution in [0.3, 0.4) is 0 Å². The van der Waals surface area contributed by atoms with Crippen LogP contribution in [0.25, 0.3) is 0 Å². The minimum atomic E-state index is -4.50. The summed E-state index contributed by atoms with van der Waals surface area (Å²) >= 11 is 0. The second kappa shape index (κ2) is 34.0. The highest BCUT2D eigenvalue weighted by atomic mass is 32.2. The molecule has 1 aliphatic rings. The molecule has 0 saturated heterocycles. The highest BCUT2D eigenvalue weighted by Gasteiger charge is 2.46. The zero-order chi connectivity index (χ0) is 69.8. The quantitative estimate of drug-likeness (QED) is 0.0205. The van der Waals surface area contributed by atoms with Gasteiger partial charge in [-0.2, -0.15) is 0 Å². The Balaban J connectivity index is 1.48. The molecule has 1 aliphatic heterocycles. The lowest BCUT2D eigenvalue weighted by atomic mass is 9.76. The molecule has 1 heterocycles. The summed E-state index contributed by atoms with van der Waals surface area (Å²) in [6.07, 6.45) is 5.03. The summed E-state index contributed by atoms with van der Waals surface area (Å²) in [6.45, 7) is 24.8. The van der Waals surface area contributed by atoms with Crippen molar-refractivity contribution >= 4 is 69.5 Å². The molecule has 0 unspecified atom stereocenters. The molecule has 0 aliphatic carbocycles. The van der Waals surface area contributed by atoms with Crippen LogP contribution in [0.1, 0.15) is 159 Å². The first-order valence-corrected chi connectivity index (χ1v) is 33.0. The van der Waals surface area contributed by atoms with Crippen LogP contribution in [0.2, 0.25) is 0 Å². The number of carbonyl (C=O) groups excluding carboxylic acids is 10. The number of hydrogen-bond acceptors (Lipinski definition) is 14. The SMILES string of the molecule is C/C(=C\[C@H](C(C)C)N(C)C(=O)[C@@H](NC(=O)[C@@H](N(C)C(=O)OC(C)(C)C)C(C)(C)c1ccccc1)C(C)(C)C)C(=O)NS(=O)(=O)c1ccc(CNC(=O)[C@@H](CCCCNC(=O)OC(C)(C)C)NC(=O)[C@@H](Cc2ccccc2)NC(=O)CCCCCN2C(=O)C=CC2=O)cc1. The number of unbranched alkanes of at least 4 members (excludes halogenated alkanes) is 3. The summed E-state index contributed by atoms with van der Waals surface area (Å²) in [7, 11) is -1.48. The van der Waals surface area contributed by atoms with Gasteiger partial charge in [0.1, 0.15) is 35.4 Å². The van der Waals surface area contributed by atoms with E-state index in [9.17, 15) is 56.4 Å². The fourth-order valence-electron chi connectivity index (χ4n) is 10.3. The maximum atomic E-state index is 14.8. The third-order valence-corrected chi connectivity index (χ3v) is 16.8. The van der Waals surface area contributed by atoms with Gasteiger partial charge in [-0.3, -0.25) is 48.2 Å². The molecule has 3 aromatic rings. The van der Waals surface area contributed by atoms with Crippen molar-refractivity contribution in [1.82, 2.24) is 46.0 Å². The highest BCUT2D eigenvalue weighted by Crippen LogP contribution is 2.33. The van der Waals surface area contributed by atoms with Gasteiger partial charge in [-0.1, -0.05) is 134 Å². The van der Waals surface area contributed by atoms with Crippen molar-refractivity contribution in [3.63, 3.8) is 0 Å². The van der Waals surface area contributed by atoms with Crippen LogP contribution in [0, 0.1) is 11.3 Å². The first kappa shape index (κ1) is 77.0. The number of likely N-dealkylation sites (N-methyl/N-ethyl adjacent to an activating group) is 2. The normalized spacial score (nSPS) is 14.6. The first-order valence-electron chi connectivity index (χ1n) is 31.6. The minimum absolute atomic E-state index is 0.0243. The van der Waals surface area contributed by atoms with Gasteiger partial charge < -0.3 is 41.0 Å². The Labute approximate surface area is 549 Å². The van der Waals surface area contributed by atoms with E-state index in [1.165, 1.54) is 73.3 Å². The number of imide groups is 1. The fourth-order valence-corrected chi connectivity index (χ4v) is 11.4. The van der Waals surface area contributed by atoms with Crippen LogP contribution in [-0.2, 0) is 76.2 Å². The van der Waals surface area contributed by atoms with Crippen LogP contribution in [0.15, 0.2) is 114 Å². The first-order chi connectivity index (χ1) is 43.2. The number of nitrogens with one attached hydrogen (secondary N) is 6. The molecule has 10 amide bonds. The number of nitrogens with zero attached hydrogens (tertiary/aromatic N) is 3. The molecular formula is C69H99N9O14S. The van der Waals surface area contributed by atoms with Crippen LogP contribution < -0.4 is 31.3 Å². The smallest absolute Gasteiger partial charge is 0.410 e. The third-order valence-electron chi connectivity index (χ3n) is 15.4. The molecule has 5 atom stereocenters. The molecule has 0 saturated carbocycles. The number of rotatable bonds is 31. The lowest BCUT2D eigenvalue weighted by molar-refractivity contribution is -0.142. The number of amides is 10. The molecule has 0 spiro atoms. The molecule has 3 aromatic carbocycles. The number of carbonyl (C=O) groups is 10. The average Bonchev–Trinajstić information content (AvgIpc) is 1.19. The Bertz CT molecular complexity index is 3260. The van der Waals surface area contributed by atoms with Gasteiger partial charge >= 0.3 is 12.2 Å². The van der Waals surface area contributed by atoms with E-state index < -0.39 is 110 Å². The van der Waals surface area contributed by atoms with Gasteiger partial charge in [-0.25, -0.2) is 22.7 Å². The van der Waals surface area contributed by atoms with Crippen LogP contribution in [0.4, 0.5) is 9.59 Å². The molecule has 4 rings (SSSR count). The summed E-state index contributed by atoms with van der Waals surface area (Å²) in [4.78, 5) is 138. The molecular weight excluding hydrogens is 1210 g/mol. The molecule has 23 nitrogen and oxygen atoms in total. The van der Waals surface area contributed by atoms with Gasteiger partial charge in [-0.05, 0) is 121 Å². The molecule has 0 aromatic heterocycles. The van der Waals surface area contributed by atoms with Gasteiger partial charge in [0.05, 0.1) is 10.9 Å². The predicted molar refractivity (Wildman–Crippen MR) is 354 cm³/mol. The van der Waals surface area contributed by atoms with Crippen molar-refractivity contribution in [2.24, 2.45) is 11.3 Å². The van der Waals surface area contributed by atoms with Crippen molar-refractivity contribution in [1.29, 1.82) is 0 Å². The zero-order valence-electron chi connectivity index (χ0n) is 57.0. The Hall–Kier alpha value is -8.41. The van der Waals surface area contributed by atoms with Gasteiger partial charge in [0.2, 0.25) is 29.5 Å². The maximum absolute atomic E-state index is 14.8. The Kier molecular flexibility index (Phi) is 28.1. The molecule has 0 bridgehead atoms. The van der Waals surface area contributed by atoms with Gasteiger partial charge in [-0.15, -0.1) is 0 Å². The second-order valence-corrected chi connectivity index (χ2v) is 29.2. The summed E-state index contributed by atoms with van der Waals surface area (Å²) in [5, 5.41) is 14.1. The molecule has 0 fully saturated rings. The summed E-state index contributed by atoms with van der Waals surface area (Å²) in [6, 6.07) is 18.3. The Morgan fingerprint density at radius 3 is 1.76 bits per heavy atom. The third kappa shape index (κ3) is 24.5. The number of ether oxygens (including phenoxy) is 2. The van der Waals surface area contributed by atoms with Gasteiger partial charge in [0.15, 0.2) is 0 Å². The van der Waals surface area contributed by atoms with Crippen molar-refractivity contribution in [2.75, 3.05) is 27.2 Å². The Morgan fingerprint density at radius 2 is 1.20 bits per heavy atom. The molecule has 0 radical (unpaired) electrons. The van der Waals surface area contributed by atoms with E-state index in [-0.39, 0.29) is 67.1 Å². The van der Waals surface area contributed by atoms with Gasteiger partial charge in [0, 0.05) is 69.7 Å². The van der Waals surface area contributed by atoms with Crippen molar-refractivity contribution in [3.8, 4) is 0 Å². The molecule has 510 valence electrons. The molecule has 6 N–H and O–H groups in total. The van der Waals surface area contributed by atoms with Crippen LogP contribution >= 0.6 is 0 Å². The monoisotopic (exact) mass is 1310 g/mol. The Morgan fingerprint density at radius 1 is 0.624 bits per heavy atom. The minimum Gasteiger partial charge on any atom is -0.444 e. The molecule has 93 heavy (non-hydrogen) atoms. The van der Waals surface area contributed by atoms with Crippen molar-refractivity contribution in [3.05, 3.63) is 125 Å². The summed E-state index contributed by atoms with van der Waals surface area (Å²) in [5.74, 6) is -4.81. The van der Waals surface area contributed by atoms with E-state index in [2.05, 4.69) is 31.3 Å². The fraction of sp³-hybridized carbons (Fsp3) is 0.536. The maximum Gasteiger partial charge on any atom is 0.410 e.